The van der Waals surface area contributed by atoms with Gasteiger partial charge >= 0.3 is 6.03 Å². The summed E-state index contributed by atoms with van der Waals surface area (Å²) in [4.78, 5) is 27.9. The molecule has 1 atom stereocenters. The summed E-state index contributed by atoms with van der Waals surface area (Å²) in [6.45, 7) is 3.48. The van der Waals surface area contributed by atoms with Gasteiger partial charge in [0.25, 0.3) is 5.91 Å². The lowest BCUT2D eigenvalue weighted by Crippen LogP contribution is -2.54. The minimum atomic E-state index is -0.533. The van der Waals surface area contributed by atoms with Gasteiger partial charge in [0.1, 0.15) is 11.5 Å². The molecule has 1 aliphatic heterocycles. The van der Waals surface area contributed by atoms with Crippen molar-refractivity contribution >= 4 is 11.9 Å². The number of furan rings is 1. The fourth-order valence-corrected chi connectivity index (χ4v) is 2.69. The van der Waals surface area contributed by atoms with E-state index in [-0.39, 0.29) is 17.7 Å². The molecule has 0 radical (unpaired) electrons. The zero-order valence-corrected chi connectivity index (χ0v) is 14.4. The molecule has 8 heteroatoms. The number of benzene rings is 1. The molecule has 1 aromatic carbocycles. The van der Waals surface area contributed by atoms with Gasteiger partial charge in [-0.25, -0.2) is 4.79 Å². The number of phenols is 1. The largest absolute Gasteiger partial charge is 0.508 e. The first-order valence-corrected chi connectivity index (χ1v) is 8.37. The highest BCUT2D eigenvalue weighted by Gasteiger charge is 2.26. The minimum Gasteiger partial charge on any atom is -0.508 e. The molecule has 2 aromatic rings. The van der Waals surface area contributed by atoms with E-state index < -0.39 is 6.23 Å². The van der Waals surface area contributed by atoms with Crippen molar-refractivity contribution in [1.82, 2.24) is 15.1 Å². The first kappa shape index (κ1) is 17.7. The third-order valence-electron chi connectivity index (χ3n) is 4.06. The van der Waals surface area contributed by atoms with Crippen molar-refractivity contribution in [2.24, 2.45) is 0 Å². The van der Waals surface area contributed by atoms with Crippen LogP contribution in [0.25, 0.3) is 0 Å². The molecule has 0 saturated carbocycles. The lowest BCUT2D eigenvalue weighted by atomic mass is 10.3. The maximum Gasteiger partial charge on any atom is 0.320 e. The highest BCUT2D eigenvalue weighted by atomic mass is 16.5. The monoisotopic (exact) mass is 359 g/mol. The van der Waals surface area contributed by atoms with E-state index in [9.17, 15) is 14.7 Å². The minimum absolute atomic E-state index is 0.149. The van der Waals surface area contributed by atoms with Crippen LogP contribution in [-0.2, 0) is 0 Å². The summed E-state index contributed by atoms with van der Waals surface area (Å²) in [6, 6.07) is 9.32. The fourth-order valence-electron chi connectivity index (χ4n) is 2.69. The number of carbonyl (C=O) groups is 2. The van der Waals surface area contributed by atoms with E-state index in [1.54, 1.807) is 41.0 Å². The van der Waals surface area contributed by atoms with Crippen molar-refractivity contribution in [3.8, 4) is 11.5 Å². The van der Waals surface area contributed by atoms with Gasteiger partial charge in [-0.15, -0.1) is 0 Å². The van der Waals surface area contributed by atoms with Crippen LogP contribution in [0.3, 0.4) is 0 Å². The van der Waals surface area contributed by atoms with Crippen LogP contribution in [0.1, 0.15) is 17.5 Å². The zero-order chi connectivity index (χ0) is 18.5. The topological polar surface area (TPSA) is 95.3 Å². The molecule has 1 fully saturated rings. The number of amides is 3. The maximum atomic E-state index is 12.3. The summed E-state index contributed by atoms with van der Waals surface area (Å²) >= 11 is 0. The third-order valence-corrected chi connectivity index (χ3v) is 4.06. The summed E-state index contributed by atoms with van der Waals surface area (Å²) in [6.07, 6.45) is 0.932. The molecule has 2 heterocycles. The standard InChI is InChI=1S/C18H21N3O5/c1-13(26-15-6-4-14(22)5-7-15)19-18(24)21-10-8-20(9-11-21)17(23)16-3-2-12-25-16/h2-7,12-13,22H,8-11H2,1H3,(H,19,24). The number of rotatable bonds is 4. The number of hydrogen-bond donors (Lipinski definition) is 2. The average Bonchev–Trinajstić information content (AvgIpc) is 3.18. The highest BCUT2D eigenvalue weighted by molar-refractivity contribution is 5.91. The molecule has 26 heavy (non-hydrogen) atoms. The molecule has 8 nitrogen and oxygen atoms in total. The summed E-state index contributed by atoms with van der Waals surface area (Å²) < 4.78 is 10.7. The summed E-state index contributed by atoms with van der Waals surface area (Å²) in [5.41, 5.74) is 0. The van der Waals surface area contributed by atoms with E-state index in [4.69, 9.17) is 9.15 Å². The summed E-state index contributed by atoms with van der Waals surface area (Å²) in [5, 5.41) is 12.0. The second-order valence-electron chi connectivity index (χ2n) is 5.96. The first-order valence-electron chi connectivity index (χ1n) is 8.37. The lowest BCUT2D eigenvalue weighted by Gasteiger charge is -2.34. The predicted molar refractivity (Wildman–Crippen MR) is 92.9 cm³/mol. The Morgan fingerprint density at radius 3 is 2.38 bits per heavy atom. The fraction of sp³-hybridized carbons (Fsp3) is 0.333. The second-order valence-corrected chi connectivity index (χ2v) is 5.96. The number of nitrogens with zero attached hydrogens (tertiary/aromatic N) is 2. The molecule has 0 spiro atoms. The van der Waals surface area contributed by atoms with E-state index in [2.05, 4.69) is 5.32 Å². The van der Waals surface area contributed by atoms with Crippen LogP contribution in [0.15, 0.2) is 47.1 Å². The molecule has 1 aromatic heterocycles. The Labute approximate surface area is 150 Å². The molecule has 1 saturated heterocycles. The molecule has 0 bridgehead atoms. The van der Waals surface area contributed by atoms with Gasteiger partial charge in [0.2, 0.25) is 0 Å². The van der Waals surface area contributed by atoms with Crippen molar-refractivity contribution < 1.29 is 23.8 Å². The number of hydrogen-bond acceptors (Lipinski definition) is 5. The first-order chi connectivity index (χ1) is 12.5. The van der Waals surface area contributed by atoms with Gasteiger partial charge in [-0.1, -0.05) is 0 Å². The molecule has 1 aliphatic rings. The Morgan fingerprint density at radius 1 is 1.12 bits per heavy atom. The summed E-state index contributed by atoms with van der Waals surface area (Å²) in [7, 11) is 0. The van der Waals surface area contributed by atoms with Gasteiger partial charge in [0.15, 0.2) is 12.0 Å². The van der Waals surface area contributed by atoms with E-state index in [1.807, 2.05) is 0 Å². The quantitative estimate of drug-likeness (QED) is 0.813. The Balaban J connectivity index is 1.46. The van der Waals surface area contributed by atoms with E-state index in [0.717, 1.165) is 0 Å². The van der Waals surface area contributed by atoms with Crippen LogP contribution in [0.2, 0.25) is 0 Å². The van der Waals surface area contributed by atoms with Crippen molar-refractivity contribution in [3.63, 3.8) is 0 Å². The van der Waals surface area contributed by atoms with Gasteiger partial charge in [0.05, 0.1) is 6.26 Å². The van der Waals surface area contributed by atoms with Gasteiger partial charge in [-0.3, -0.25) is 4.79 Å². The lowest BCUT2D eigenvalue weighted by molar-refractivity contribution is 0.0624. The average molecular weight is 359 g/mol. The van der Waals surface area contributed by atoms with Crippen molar-refractivity contribution in [3.05, 3.63) is 48.4 Å². The molecule has 1 unspecified atom stereocenters. The molecular weight excluding hydrogens is 338 g/mol. The Kier molecular flexibility index (Phi) is 5.31. The van der Waals surface area contributed by atoms with Gasteiger partial charge in [-0.2, -0.15) is 0 Å². The van der Waals surface area contributed by atoms with Crippen LogP contribution in [0.4, 0.5) is 4.79 Å². The molecular formula is C18H21N3O5. The number of piperazine rings is 1. The normalized spacial score (nSPS) is 15.4. The summed E-state index contributed by atoms with van der Waals surface area (Å²) in [5.74, 6) is 0.832. The number of phenolic OH excluding ortho intramolecular Hbond substituents is 1. The van der Waals surface area contributed by atoms with E-state index in [1.165, 1.54) is 18.4 Å². The molecule has 3 rings (SSSR count). The Morgan fingerprint density at radius 2 is 1.77 bits per heavy atom. The predicted octanol–water partition coefficient (Wildman–Crippen LogP) is 1.88. The van der Waals surface area contributed by atoms with Crippen molar-refractivity contribution in [2.45, 2.75) is 13.2 Å². The molecule has 138 valence electrons. The van der Waals surface area contributed by atoms with Gasteiger partial charge < -0.3 is 29.4 Å². The van der Waals surface area contributed by atoms with Crippen molar-refractivity contribution in [1.29, 1.82) is 0 Å². The second kappa shape index (κ2) is 7.81. The maximum absolute atomic E-state index is 12.3. The van der Waals surface area contributed by atoms with Gasteiger partial charge in [0, 0.05) is 26.2 Å². The SMILES string of the molecule is CC(NC(=O)N1CCN(C(=O)c2ccco2)CC1)Oc1ccc(O)cc1. The van der Waals surface area contributed by atoms with Crippen LogP contribution < -0.4 is 10.1 Å². The number of aromatic hydroxyl groups is 1. The van der Waals surface area contributed by atoms with E-state index in [0.29, 0.717) is 37.7 Å². The number of nitrogens with one attached hydrogen (secondary N) is 1. The van der Waals surface area contributed by atoms with Crippen LogP contribution in [0, 0.1) is 0 Å². The zero-order valence-electron chi connectivity index (χ0n) is 14.4. The molecule has 3 amide bonds. The number of ether oxygens (including phenoxy) is 1. The third kappa shape index (κ3) is 4.27. The van der Waals surface area contributed by atoms with E-state index >= 15 is 0 Å². The number of urea groups is 1. The highest BCUT2D eigenvalue weighted by Crippen LogP contribution is 2.17. The van der Waals surface area contributed by atoms with Crippen LogP contribution >= 0.6 is 0 Å². The molecule has 2 N–H and O–H groups in total. The van der Waals surface area contributed by atoms with Crippen molar-refractivity contribution in [2.75, 3.05) is 26.2 Å². The van der Waals surface area contributed by atoms with Crippen LogP contribution in [-0.4, -0.2) is 59.3 Å². The Bertz CT molecular complexity index is 737. The van der Waals surface area contributed by atoms with Crippen LogP contribution in [0.5, 0.6) is 11.5 Å². The smallest absolute Gasteiger partial charge is 0.320 e. The Hall–Kier alpha value is -3.16. The van der Waals surface area contributed by atoms with Gasteiger partial charge in [-0.05, 0) is 43.3 Å². The number of carbonyl (C=O) groups excluding carboxylic acids is 2. The molecule has 0 aliphatic carbocycles.